The number of thioether (sulfide) groups is 1. The first kappa shape index (κ1) is 18.5. The number of anilines is 1. The highest BCUT2D eigenvalue weighted by molar-refractivity contribution is 8.02. The second-order valence-electron chi connectivity index (χ2n) is 6.08. The van der Waals surface area contributed by atoms with Crippen LogP contribution in [-0.4, -0.2) is 17.0 Å². The summed E-state index contributed by atoms with van der Waals surface area (Å²) in [6.45, 7) is 0. The number of Topliss-reactive ketones (excluding diaryl/α,β-unsaturated/α-hetero) is 1. The number of nitrogens with one attached hydrogen (secondary N) is 1. The zero-order chi connectivity index (χ0) is 19.3. The fourth-order valence-electron chi connectivity index (χ4n) is 2.88. The predicted octanol–water partition coefficient (Wildman–Crippen LogP) is 6.32. The normalized spacial score (nSPS) is 11.9. The number of fused-ring (bicyclic) bond motifs is 1. The van der Waals surface area contributed by atoms with Gasteiger partial charge in [-0.2, -0.15) is 0 Å². The maximum Gasteiger partial charge on any atom is 0.198 e. The Morgan fingerprint density at radius 2 is 1.54 bits per heavy atom. The SMILES string of the molecule is CS/C(Nc1ccccc1)=C(\C(=O)c1ccccc1)c1nc2ccccc2s1. The minimum absolute atomic E-state index is 0.0348. The highest BCUT2D eigenvalue weighted by atomic mass is 32.2. The fraction of sp³-hybridized carbons (Fsp3) is 0.0435. The van der Waals surface area contributed by atoms with E-state index in [0.29, 0.717) is 11.1 Å². The van der Waals surface area contributed by atoms with Crippen LogP contribution in [0.2, 0.25) is 0 Å². The third-order valence-electron chi connectivity index (χ3n) is 4.23. The first-order valence-electron chi connectivity index (χ1n) is 8.82. The molecule has 0 aliphatic heterocycles. The van der Waals surface area contributed by atoms with Crippen LogP contribution >= 0.6 is 23.1 Å². The summed E-state index contributed by atoms with van der Waals surface area (Å²) in [4.78, 5) is 18.2. The average Bonchev–Trinajstić information content (AvgIpc) is 3.18. The first-order chi connectivity index (χ1) is 13.8. The highest BCUT2D eigenvalue weighted by Crippen LogP contribution is 2.34. The maximum atomic E-state index is 13.5. The van der Waals surface area contributed by atoms with E-state index >= 15 is 0 Å². The largest absolute Gasteiger partial charge is 0.350 e. The molecule has 0 aliphatic carbocycles. The van der Waals surface area contributed by atoms with Crippen LogP contribution < -0.4 is 5.32 Å². The van der Waals surface area contributed by atoms with Gasteiger partial charge in [0.2, 0.25) is 0 Å². The van der Waals surface area contributed by atoms with E-state index in [-0.39, 0.29) is 5.78 Å². The number of nitrogens with zero attached hydrogens (tertiary/aromatic N) is 1. The first-order valence-corrected chi connectivity index (χ1v) is 10.9. The van der Waals surface area contributed by atoms with Gasteiger partial charge in [-0.1, -0.05) is 60.7 Å². The van der Waals surface area contributed by atoms with Crippen LogP contribution in [0.25, 0.3) is 15.8 Å². The summed E-state index contributed by atoms with van der Waals surface area (Å²) in [5.41, 5.74) is 3.09. The molecule has 1 N–H and O–H groups in total. The van der Waals surface area contributed by atoms with Crippen molar-refractivity contribution >= 4 is 50.4 Å². The summed E-state index contributed by atoms with van der Waals surface area (Å²) >= 11 is 3.05. The number of hydrogen-bond acceptors (Lipinski definition) is 5. The van der Waals surface area contributed by atoms with Gasteiger partial charge < -0.3 is 5.32 Å². The Morgan fingerprint density at radius 3 is 2.21 bits per heavy atom. The minimum atomic E-state index is -0.0348. The molecule has 0 spiro atoms. The molecule has 0 saturated heterocycles. The van der Waals surface area contributed by atoms with Crippen molar-refractivity contribution in [1.29, 1.82) is 0 Å². The van der Waals surface area contributed by atoms with Gasteiger partial charge >= 0.3 is 0 Å². The van der Waals surface area contributed by atoms with E-state index in [1.807, 2.05) is 91.2 Å². The molecule has 3 aromatic carbocycles. The summed E-state index contributed by atoms with van der Waals surface area (Å²) in [7, 11) is 0. The average molecular weight is 403 g/mol. The number of carbonyl (C=O) groups excluding carboxylic acids is 1. The van der Waals surface area contributed by atoms with Crippen molar-refractivity contribution in [3.8, 4) is 0 Å². The molecule has 0 bridgehead atoms. The summed E-state index contributed by atoms with van der Waals surface area (Å²) in [6, 6.07) is 27.2. The molecule has 0 fully saturated rings. The fourth-order valence-corrected chi connectivity index (χ4v) is 4.57. The zero-order valence-corrected chi connectivity index (χ0v) is 16.9. The van der Waals surface area contributed by atoms with Crippen molar-refractivity contribution in [2.24, 2.45) is 0 Å². The Morgan fingerprint density at radius 1 is 0.893 bits per heavy atom. The van der Waals surface area contributed by atoms with Gasteiger partial charge in [0.15, 0.2) is 5.78 Å². The number of aromatic nitrogens is 1. The van der Waals surface area contributed by atoms with E-state index in [0.717, 1.165) is 25.9 Å². The Kier molecular flexibility index (Phi) is 5.55. The molecule has 4 aromatic rings. The lowest BCUT2D eigenvalue weighted by Crippen LogP contribution is -2.09. The lowest BCUT2D eigenvalue weighted by Gasteiger charge is -2.14. The third kappa shape index (κ3) is 3.86. The lowest BCUT2D eigenvalue weighted by molar-refractivity contribution is 0.105. The molecule has 5 heteroatoms. The summed E-state index contributed by atoms with van der Waals surface area (Å²) in [5, 5.41) is 4.93. The molecule has 0 atom stereocenters. The Bertz CT molecular complexity index is 1100. The van der Waals surface area contributed by atoms with Gasteiger partial charge in [0, 0.05) is 11.3 Å². The van der Waals surface area contributed by atoms with E-state index in [1.165, 1.54) is 23.1 Å². The van der Waals surface area contributed by atoms with Gasteiger partial charge in [-0.3, -0.25) is 4.79 Å². The molecule has 4 rings (SSSR count). The van der Waals surface area contributed by atoms with Crippen molar-refractivity contribution < 1.29 is 4.79 Å². The van der Waals surface area contributed by atoms with Crippen LogP contribution in [0.5, 0.6) is 0 Å². The predicted molar refractivity (Wildman–Crippen MR) is 121 cm³/mol. The van der Waals surface area contributed by atoms with E-state index < -0.39 is 0 Å². The number of allylic oxidation sites excluding steroid dienone is 1. The molecule has 1 heterocycles. The van der Waals surface area contributed by atoms with E-state index in [4.69, 9.17) is 4.98 Å². The number of para-hydroxylation sites is 2. The van der Waals surface area contributed by atoms with E-state index in [9.17, 15) is 4.79 Å². The number of benzene rings is 3. The molecule has 0 aliphatic rings. The molecule has 0 unspecified atom stereocenters. The van der Waals surface area contributed by atoms with Gasteiger partial charge in [0.05, 0.1) is 20.8 Å². The monoisotopic (exact) mass is 402 g/mol. The standard InChI is InChI=1S/C23H18N2OS2/c1-27-22(24-17-12-6-3-7-13-17)20(21(26)16-10-4-2-5-11-16)23-25-18-14-8-9-15-19(18)28-23/h2-15,24H,1H3/b22-20+. The van der Waals surface area contributed by atoms with Crippen LogP contribution in [0.15, 0.2) is 90.0 Å². The van der Waals surface area contributed by atoms with Crippen LogP contribution in [0, 0.1) is 0 Å². The lowest BCUT2D eigenvalue weighted by atomic mass is 10.0. The number of rotatable bonds is 6. The molecule has 138 valence electrons. The molecule has 0 radical (unpaired) electrons. The summed E-state index contributed by atoms with van der Waals surface area (Å²) in [6.07, 6.45) is 1.97. The molecule has 0 saturated carbocycles. The van der Waals surface area contributed by atoms with E-state index in [2.05, 4.69) is 5.32 Å². The van der Waals surface area contributed by atoms with Crippen LogP contribution in [-0.2, 0) is 0 Å². The van der Waals surface area contributed by atoms with E-state index in [1.54, 1.807) is 0 Å². The molecular weight excluding hydrogens is 384 g/mol. The van der Waals surface area contributed by atoms with Crippen molar-refractivity contribution in [1.82, 2.24) is 4.98 Å². The molecule has 3 nitrogen and oxygen atoms in total. The van der Waals surface area contributed by atoms with Crippen molar-refractivity contribution in [2.75, 3.05) is 11.6 Å². The minimum Gasteiger partial charge on any atom is -0.350 e. The number of carbonyl (C=O) groups is 1. The van der Waals surface area contributed by atoms with Gasteiger partial charge in [0.1, 0.15) is 5.01 Å². The topological polar surface area (TPSA) is 42.0 Å². The maximum absolute atomic E-state index is 13.5. The van der Waals surface area contributed by atoms with Crippen molar-refractivity contribution in [3.05, 3.63) is 101 Å². The number of thiazole rings is 1. The molecular formula is C23H18N2OS2. The van der Waals surface area contributed by atoms with Crippen molar-refractivity contribution in [3.63, 3.8) is 0 Å². The smallest absolute Gasteiger partial charge is 0.198 e. The van der Waals surface area contributed by atoms with Gasteiger partial charge in [-0.05, 0) is 30.5 Å². The molecule has 0 amide bonds. The van der Waals surface area contributed by atoms with Crippen LogP contribution in [0.4, 0.5) is 5.69 Å². The van der Waals surface area contributed by atoms with Crippen LogP contribution in [0.3, 0.4) is 0 Å². The second-order valence-corrected chi connectivity index (χ2v) is 7.93. The van der Waals surface area contributed by atoms with Crippen molar-refractivity contribution in [2.45, 2.75) is 0 Å². The molecule has 28 heavy (non-hydrogen) atoms. The second kappa shape index (κ2) is 8.42. The Labute approximate surface area is 172 Å². The van der Waals surface area contributed by atoms with Gasteiger partial charge in [0.25, 0.3) is 0 Å². The summed E-state index contributed by atoms with van der Waals surface area (Å²) < 4.78 is 1.07. The third-order valence-corrected chi connectivity index (χ3v) is 6.00. The highest BCUT2D eigenvalue weighted by Gasteiger charge is 2.23. The number of ketones is 1. The van der Waals surface area contributed by atoms with Gasteiger partial charge in [-0.25, -0.2) is 4.98 Å². The Balaban J connectivity index is 1.87. The Hall–Kier alpha value is -2.89. The van der Waals surface area contributed by atoms with Crippen LogP contribution in [0.1, 0.15) is 15.4 Å². The number of hydrogen-bond donors (Lipinski definition) is 1. The van der Waals surface area contributed by atoms with Gasteiger partial charge in [-0.15, -0.1) is 23.1 Å². The molecule has 1 aromatic heterocycles. The quantitative estimate of drug-likeness (QED) is 0.302. The zero-order valence-electron chi connectivity index (χ0n) is 15.3. The summed E-state index contributed by atoms with van der Waals surface area (Å²) in [5.74, 6) is -0.0348.